The SMILES string of the molecule is CC1CCC(Cn2c(N3CCO[C@H](C)[C@H]3c3ccccc3)nc3nc(-c4noc(=O)[nH]4)nc(-c4cncc(Cl)c4)c32)CC1. The van der Waals surface area contributed by atoms with E-state index in [2.05, 4.69) is 62.7 Å². The van der Waals surface area contributed by atoms with E-state index in [1.165, 1.54) is 12.8 Å². The third kappa shape index (κ3) is 5.43. The molecule has 7 rings (SSSR count). The second-order valence-corrected chi connectivity index (χ2v) is 12.1. The van der Waals surface area contributed by atoms with E-state index in [9.17, 15) is 4.79 Å². The minimum Gasteiger partial charge on any atom is -0.374 e. The maximum Gasteiger partial charge on any atom is 0.439 e. The molecule has 0 amide bonds. The minimum atomic E-state index is -0.685. The Hall–Kier alpha value is -4.09. The van der Waals surface area contributed by atoms with Gasteiger partial charge in [0.1, 0.15) is 11.2 Å². The molecule has 0 radical (unpaired) electrons. The summed E-state index contributed by atoms with van der Waals surface area (Å²) in [4.78, 5) is 36.0. The molecule has 5 heterocycles. The van der Waals surface area contributed by atoms with Crippen LogP contribution in [-0.4, -0.2) is 53.9 Å². The van der Waals surface area contributed by atoms with E-state index in [0.29, 0.717) is 41.0 Å². The van der Waals surface area contributed by atoms with Crippen molar-refractivity contribution in [3.63, 3.8) is 0 Å². The first-order valence-corrected chi connectivity index (χ1v) is 15.2. The Labute approximate surface area is 253 Å². The highest BCUT2D eigenvalue weighted by Crippen LogP contribution is 2.39. The van der Waals surface area contributed by atoms with Gasteiger partial charge in [-0.15, -0.1) is 0 Å². The number of aromatic amines is 1. The zero-order valence-corrected chi connectivity index (χ0v) is 24.9. The van der Waals surface area contributed by atoms with Crippen LogP contribution in [0.2, 0.25) is 5.02 Å². The highest BCUT2D eigenvalue weighted by atomic mass is 35.5. The predicted molar refractivity (Wildman–Crippen MR) is 163 cm³/mol. The number of morpholine rings is 1. The molecule has 5 aromatic rings. The smallest absolute Gasteiger partial charge is 0.374 e. The van der Waals surface area contributed by atoms with Gasteiger partial charge in [0.05, 0.1) is 23.8 Å². The number of benzene rings is 1. The van der Waals surface area contributed by atoms with Crippen LogP contribution in [0.3, 0.4) is 0 Å². The Morgan fingerprint density at radius 3 is 2.60 bits per heavy atom. The molecule has 0 spiro atoms. The van der Waals surface area contributed by atoms with Crippen molar-refractivity contribution in [2.45, 2.75) is 58.2 Å². The van der Waals surface area contributed by atoms with Crippen LogP contribution in [0.1, 0.15) is 51.1 Å². The van der Waals surface area contributed by atoms with Gasteiger partial charge in [-0.2, -0.15) is 4.98 Å². The van der Waals surface area contributed by atoms with Gasteiger partial charge in [-0.25, -0.2) is 14.8 Å². The Morgan fingerprint density at radius 1 is 1.05 bits per heavy atom. The largest absolute Gasteiger partial charge is 0.439 e. The van der Waals surface area contributed by atoms with Crippen molar-refractivity contribution in [3.8, 4) is 22.9 Å². The van der Waals surface area contributed by atoms with Gasteiger partial charge in [0.15, 0.2) is 5.65 Å². The molecule has 2 atom stereocenters. The third-order valence-electron chi connectivity index (χ3n) is 8.68. The number of halogens is 1. The van der Waals surface area contributed by atoms with Crippen LogP contribution in [0.15, 0.2) is 58.1 Å². The summed E-state index contributed by atoms with van der Waals surface area (Å²) < 4.78 is 13.2. The van der Waals surface area contributed by atoms with Crippen molar-refractivity contribution in [2.75, 3.05) is 18.1 Å². The number of hydrogen-bond donors (Lipinski definition) is 1. The monoisotopic (exact) mass is 600 g/mol. The van der Waals surface area contributed by atoms with E-state index < -0.39 is 5.76 Å². The number of rotatable bonds is 6. The maximum atomic E-state index is 11.8. The van der Waals surface area contributed by atoms with Crippen LogP contribution >= 0.6 is 11.6 Å². The zero-order chi connectivity index (χ0) is 29.5. The van der Waals surface area contributed by atoms with Gasteiger partial charge >= 0.3 is 5.76 Å². The van der Waals surface area contributed by atoms with E-state index in [-0.39, 0.29) is 23.8 Å². The summed E-state index contributed by atoms with van der Waals surface area (Å²) >= 11 is 6.42. The molecule has 1 N–H and O–H groups in total. The normalized spacial score (nSPS) is 22.7. The lowest BCUT2D eigenvalue weighted by atomic mass is 9.83. The fourth-order valence-electron chi connectivity index (χ4n) is 6.51. The molecular weight excluding hydrogens is 568 g/mol. The topological polar surface area (TPSA) is 128 Å². The predicted octanol–water partition coefficient (Wildman–Crippen LogP) is 5.68. The standard InChI is InChI=1S/C31H33ClN8O3/c1-18-8-10-20(11-9-18)17-40-26-24(22-14-23(32)16-33-15-22)34-28(29-37-31(41)43-38-29)35-27(26)36-30(40)39-12-13-42-19(2)25(39)21-6-4-3-5-7-21/h3-7,14-16,18-20,25H,8-13,17H2,1-2H3,(H,37,38,41)/t18?,19-,20?,25+/m1/s1. The average Bonchev–Trinajstić information content (AvgIpc) is 3.61. The highest BCUT2D eigenvalue weighted by Gasteiger charge is 2.35. The molecule has 1 aliphatic heterocycles. The molecule has 43 heavy (non-hydrogen) atoms. The first-order valence-electron chi connectivity index (χ1n) is 14.8. The molecule has 11 nitrogen and oxygen atoms in total. The molecule has 1 saturated carbocycles. The number of aromatic nitrogens is 7. The summed E-state index contributed by atoms with van der Waals surface area (Å²) in [6, 6.07) is 12.2. The first kappa shape index (κ1) is 27.7. The van der Waals surface area contributed by atoms with E-state index in [1.54, 1.807) is 12.4 Å². The van der Waals surface area contributed by atoms with Crippen molar-refractivity contribution < 1.29 is 9.26 Å². The molecule has 1 aromatic carbocycles. The van der Waals surface area contributed by atoms with Gasteiger partial charge in [0, 0.05) is 31.0 Å². The molecule has 222 valence electrons. The lowest BCUT2D eigenvalue weighted by molar-refractivity contribution is 0.0221. The number of nitrogens with zero attached hydrogens (tertiary/aromatic N) is 7. The molecule has 1 aliphatic carbocycles. The fourth-order valence-corrected chi connectivity index (χ4v) is 6.68. The van der Waals surface area contributed by atoms with E-state index in [0.717, 1.165) is 42.3 Å². The summed E-state index contributed by atoms with van der Waals surface area (Å²) in [5.41, 5.74) is 3.77. The quantitative estimate of drug-likeness (QED) is 0.262. The second-order valence-electron chi connectivity index (χ2n) is 11.7. The van der Waals surface area contributed by atoms with Crippen LogP contribution < -0.4 is 10.7 Å². The van der Waals surface area contributed by atoms with Crippen molar-refractivity contribution >= 4 is 28.7 Å². The highest BCUT2D eigenvalue weighted by molar-refractivity contribution is 6.30. The number of nitrogens with one attached hydrogen (secondary N) is 1. The van der Waals surface area contributed by atoms with Gasteiger partial charge in [-0.05, 0) is 43.2 Å². The molecule has 0 unspecified atom stereocenters. The van der Waals surface area contributed by atoms with Gasteiger partial charge in [-0.3, -0.25) is 14.5 Å². The number of anilines is 1. The van der Waals surface area contributed by atoms with Gasteiger partial charge < -0.3 is 14.2 Å². The summed E-state index contributed by atoms with van der Waals surface area (Å²) in [6.07, 6.45) is 7.97. The van der Waals surface area contributed by atoms with Gasteiger partial charge in [-0.1, -0.05) is 66.9 Å². The number of pyridine rings is 1. The van der Waals surface area contributed by atoms with Crippen LogP contribution in [-0.2, 0) is 11.3 Å². The van der Waals surface area contributed by atoms with Crippen LogP contribution in [0.5, 0.6) is 0 Å². The number of ether oxygens (including phenoxy) is 1. The van der Waals surface area contributed by atoms with Crippen molar-refractivity contribution in [3.05, 3.63) is 69.9 Å². The van der Waals surface area contributed by atoms with E-state index in [1.807, 2.05) is 12.1 Å². The molecular formula is C31H33ClN8O3. The fraction of sp³-hybridized carbons (Fsp3) is 0.419. The third-order valence-corrected chi connectivity index (χ3v) is 8.89. The molecule has 12 heteroatoms. The van der Waals surface area contributed by atoms with Crippen LogP contribution in [0, 0.1) is 11.8 Å². The summed E-state index contributed by atoms with van der Waals surface area (Å²) in [5, 5.41) is 4.34. The Kier molecular flexibility index (Phi) is 7.44. The molecule has 1 saturated heterocycles. The summed E-state index contributed by atoms with van der Waals surface area (Å²) in [5.74, 6) is 1.68. The molecule has 4 aromatic heterocycles. The van der Waals surface area contributed by atoms with Gasteiger partial charge in [0.25, 0.3) is 0 Å². The Balaban J connectivity index is 1.46. The number of H-pyrrole nitrogens is 1. The Bertz CT molecular complexity index is 1790. The van der Waals surface area contributed by atoms with Crippen molar-refractivity contribution in [1.82, 2.24) is 34.6 Å². The van der Waals surface area contributed by atoms with Crippen molar-refractivity contribution in [2.24, 2.45) is 11.8 Å². The van der Waals surface area contributed by atoms with Crippen LogP contribution in [0.25, 0.3) is 34.1 Å². The molecule has 2 aliphatic rings. The Morgan fingerprint density at radius 2 is 1.86 bits per heavy atom. The first-order chi connectivity index (χ1) is 20.9. The summed E-state index contributed by atoms with van der Waals surface area (Å²) in [7, 11) is 0. The molecule has 2 fully saturated rings. The van der Waals surface area contributed by atoms with Gasteiger partial charge in [0.2, 0.25) is 17.6 Å². The zero-order valence-electron chi connectivity index (χ0n) is 24.1. The lowest BCUT2D eigenvalue weighted by Crippen LogP contribution is -2.45. The number of imidazole rings is 1. The van der Waals surface area contributed by atoms with Crippen molar-refractivity contribution in [1.29, 1.82) is 0 Å². The lowest BCUT2D eigenvalue weighted by Gasteiger charge is -2.41. The maximum absolute atomic E-state index is 11.8. The second kappa shape index (κ2) is 11.5. The van der Waals surface area contributed by atoms with E-state index in [4.69, 9.17) is 35.8 Å². The number of hydrogen-bond acceptors (Lipinski definition) is 9. The van der Waals surface area contributed by atoms with E-state index >= 15 is 0 Å². The number of fused-ring (bicyclic) bond motifs is 1. The minimum absolute atomic E-state index is 0.0486. The van der Waals surface area contributed by atoms with Crippen LogP contribution in [0.4, 0.5) is 5.95 Å². The summed E-state index contributed by atoms with van der Waals surface area (Å²) in [6.45, 7) is 6.47. The average molecular weight is 601 g/mol. The molecule has 0 bridgehead atoms.